The number of guanidine groups is 1. The summed E-state index contributed by atoms with van der Waals surface area (Å²) in [5.41, 5.74) is 3.58. The van der Waals surface area contributed by atoms with Crippen molar-refractivity contribution in [2.75, 3.05) is 19.7 Å². The first-order valence-electron chi connectivity index (χ1n) is 10.8. The highest BCUT2D eigenvalue weighted by Gasteiger charge is 2.22. The molecule has 3 rings (SSSR count). The second kappa shape index (κ2) is 11.2. The molecule has 1 aliphatic heterocycles. The van der Waals surface area contributed by atoms with Crippen LogP contribution in [0.3, 0.4) is 0 Å². The number of ether oxygens (including phenoxy) is 1. The van der Waals surface area contributed by atoms with Crippen molar-refractivity contribution in [2.24, 2.45) is 4.99 Å². The topological polar surface area (TPSA) is 66.0 Å². The molecular formula is C24H32N4O2. The molecule has 6 heteroatoms. The number of benzene rings is 2. The maximum Gasteiger partial charge on any atom is 0.223 e. The predicted molar refractivity (Wildman–Crippen MR) is 120 cm³/mol. The van der Waals surface area contributed by atoms with Gasteiger partial charge in [-0.1, -0.05) is 42.5 Å². The van der Waals surface area contributed by atoms with Gasteiger partial charge in [0.2, 0.25) is 5.91 Å². The highest BCUT2D eigenvalue weighted by molar-refractivity contribution is 5.80. The van der Waals surface area contributed by atoms with Crippen LogP contribution in [0.15, 0.2) is 53.5 Å². The highest BCUT2D eigenvalue weighted by Crippen LogP contribution is 2.23. The van der Waals surface area contributed by atoms with E-state index in [2.05, 4.69) is 27.8 Å². The van der Waals surface area contributed by atoms with E-state index in [4.69, 9.17) is 4.74 Å². The molecule has 0 saturated heterocycles. The number of hydrogen-bond donors (Lipinski definition) is 2. The van der Waals surface area contributed by atoms with Crippen molar-refractivity contribution in [3.8, 4) is 5.75 Å². The number of fused-ring (bicyclic) bond motifs is 1. The van der Waals surface area contributed by atoms with E-state index in [1.807, 2.05) is 55.1 Å². The van der Waals surface area contributed by atoms with Crippen LogP contribution >= 0.6 is 0 Å². The minimum absolute atomic E-state index is 0.209. The minimum atomic E-state index is 0.209. The van der Waals surface area contributed by atoms with Gasteiger partial charge >= 0.3 is 0 Å². The molecule has 0 fully saturated rings. The Balaban J connectivity index is 1.45. The lowest BCUT2D eigenvalue weighted by Gasteiger charge is -2.16. The molecular weight excluding hydrogens is 376 g/mol. The maximum atomic E-state index is 12.5. The third kappa shape index (κ3) is 5.99. The standard InChI is InChI=1S/C24H32N4O2/c1-3-25-24(27-16-19-10-7-8-13-22(19)30-4-2)26-15-9-14-23(29)28-17-20-11-5-6-12-21(20)18-28/h5-8,10-13H,3-4,9,14-18H2,1-2H3,(H2,25,26,27). The summed E-state index contributed by atoms with van der Waals surface area (Å²) < 4.78 is 5.67. The third-order valence-corrected chi connectivity index (χ3v) is 5.08. The van der Waals surface area contributed by atoms with E-state index in [9.17, 15) is 4.79 Å². The Hall–Kier alpha value is -3.02. The second-order valence-electron chi connectivity index (χ2n) is 7.28. The lowest BCUT2D eigenvalue weighted by molar-refractivity contribution is -0.131. The first-order chi connectivity index (χ1) is 14.7. The van der Waals surface area contributed by atoms with Crippen LogP contribution in [0, 0.1) is 0 Å². The van der Waals surface area contributed by atoms with Crippen LogP contribution in [-0.2, 0) is 24.4 Å². The molecule has 30 heavy (non-hydrogen) atoms. The predicted octanol–water partition coefficient (Wildman–Crippen LogP) is 3.46. The van der Waals surface area contributed by atoms with E-state index in [0.717, 1.165) is 43.3 Å². The Labute approximate surface area is 179 Å². The Kier molecular flexibility index (Phi) is 8.12. The minimum Gasteiger partial charge on any atom is -0.494 e. The summed E-state index contributed by atoms with van der Waals surface area (Å²) in [7, 11) is 0. The van der Waals surface area contributed by atoms with E-state index in [1.165, 1.54) is 11.1 Å². The molecule has 0 atom stereocenters. The van der Waals surface area contributed by atoms with Gasteiger partial charge in [0.1, 0.15) is 5.75 Å². The molecule has 2 N–H and O–H groups in total. The van der Waals surface area contributed by atoms with Crippen molar-refractivity contribution in [1.29, 1.82) is 0 Å². The van der Waals surface area contributed by atoms with Crippen LogP contribution in [0.2, 0.25) is 0 Å². The van der Waals surface area contributed by atoms with Crippen molar-refractivity contribution in [2.45, 2.75) is 46.3 Å². The molecule has 1 aliphatic rings. The highest BCUT2D eigenvalue weighted by atomic mass is 16.5. The average molecular weight is 409 g/mol. The molecule has 2 aromatic carbocycles. The van der Waals surface area contributed by atoms with Gasteiger partial charge in [0, 0.05) is 38.2 Å². The van der Waals surface area contributed by atoms with Crippen LogP contribution in [0.1, 0.15) is 43.4 Å². The van der Waals surface area contributed by atoms with E-state index in [-0.39, 0.29) is 5.91 Å². The van der Waals surface area contributed by atoms with Crippen molar-refractivity contribution >= 4 is 11.9 Å². The van der Waals surface area contributed by atoms with Crippen molar-refractivity contribution in [1.82, 2.24) is 15.5 Å². The van der Waals surface area contributed by atoms with Crippen LogP contribution in [0.25, 0.3) is 0 Å². The number of carbonyl (C=O) groups is 1. The molecule has 6 nitrogen and oxygen atoms in total. The zero-order chi connectivity index (χ0) is 21.2. The maximum absolute atomic E-state index is 12.5. The smallest absolute Gasteiger partial charge is 0.223 e. The molecule has 0 aromatic heterocycles. The molecule has 0 spiro atoms. The Morgan fingerprint density at radius 1 is 1.03 bits per heavy atom. The Morgan fingerprint density at radius 2 is 1.73 bits per heavy atom. The molecule has 1 amide bonds. The number of amides is 1. The van der Waals surface area contributed by atoms with Gasteiger partial charge in [-0.15, -0.1) is 0 Å². The van der Waals surface area contributed by atoms with Gasteiger partial charge in [0.05, 0.1) is 13.2 Å². The first kappa shape index (κ1) is 21.7. The van der Waals surface area contributed by atoms with Gasteiger partial charge in [0.25, 0.3) is 0 Å². The third-order valence-electron chi connectivity index (χ3n) is 5.08. The number of para-hydroxylation sites is 1. The van der Waals surface area contributed by atoms with Gasteiger partial charge in [-0.05, 0) is 37.5 Å². The fourth-order valence-electron chi connectivity index (χ4n) is 3.55. The summed E-state index contributed by atoms with van der Waals surface area (Å²) in [6, 6.07) is 16.2. The lowest BCUT2D eigenvalue weighted by atomic mass is 10.1. The van der Waals surface area contributed by atoms with Gasteiger partial charge in [-0.25, -0.2) is 4.99 Å². The van der Waals surface area contributed by atoms with E-state index >= 15 is 0 Å². The zero-order valence-electron chi connectivity index (χ0n) is 18.0. The average Bonchev–Trinajstić information content (AvgIpc) is 3.20. The van der Waals surface area contributed by atoms with Crippen molar-refractivity contribution in [3.05, 3.63) is 65.2 Å². The molecule has 0 aliphatic carbocycles. The number of hydrogen-bond acceptors (Lipinski definition) is 3. The SMILES string of the molecule is CCNC(=NCc1ccccc1OCC)NCCCC(=O)N1Cc2ccccc2C1. The van der Waals surface area contributed by atoms with Crippen LogP contribution in [-0.4, -0.2) is 36.5 Å². The van der Waals surface area contributed by atoms with Gasteiger partial charge in [-0.2, -0.15) is 0 Å². The molecule has 2 aromatic rings. The summed E-state index contributed by atoms with van der Waals surface area (Å²) in [6.45, 7) is 8.13. The van der Waals surface area contributed by atoms with Gasteiger partial charge in [-0.3, -0.25) is 4.79 Å². The zero-order valence-corrected chi connectivity index (χ0v) is 18.0. The van der Waals surface area contributed by atoms with E-state index in [0.29, 0.717) is 26.1 Å². The van der Waals surface area contributed by atoms with Crippen LogP contribution in [0.5, 0.6) is 5.75 Å². The van der Waals surface area contributed by atoms with Crippen LogP contribution < -0.4 is 15.4 Å². The number of nitrogens with one attached hydrogen (secondary N) is 2. The second-order valence-corrected chi connectivity index (χ2v) is 7.28. The number of carbonyl (C=O) groups excluding carboxylic acids is 1. The van der Waals surface area contributed by atoms with E-state index < -0.39 is 0 Å². The number of nitrogens with zero attached hydrogens (tertiary/aromatic N) is 2. The lowest BCUT2D eigenvalue weighted by Crippen LogP contribution is -2.38. The summed E-state index contributed by atoms with van der Waals surface area (Å²) in [6.07, 6.45) is 1.30. The summed E-state index contributed by atoms with van der Waals surface area (Å²) >= 11 is 0. The summed E-state index contributed by atoms with van der Waals surface area (Å²) in [5.74, 6) is 1.84. The fourth-order valence-corrected chi connectivity index (χ4v) is 3.55. The quantitative estimate of drug-likeness (QED) is 0.379. The van der Waals surface area contributed by atoms with Gasteiger partial charge in [0.15, 0.2) is 5.96 Å². The Bertz CT molecular complexity index is 841. The fraction of sp³-hybridized carbons (Fsp3) is 0.417. The van der Waals surface area contributed by atoms with Gasteiger partial charge < -0.3 is 20.3 Å². The first-order valence-corrected chi connectivity index (χ1v) is 10.8. The molecule has 0 unspecified atom stereocenters. The van der Waals surface area contributed by atoms with Crippen LogP contribution in [0.4, 0.5) is 0 Å². The molecule has 0 saturated carbocycles. The van der Waals surface area contributed by atoms with Crippen molar-refractivity contribution in [3.63, 3.8) is 0 Å². The summed E-state index contributed by atoms with van der Waals surface area (Å²) in [5, 5.41) is 6.59. The molecule has 0 radical (unpaired) electrons. The number of aliphatic imine (C=N–C) groups is 1. The molecule has 0 bridgehead atoms. The normalized spacial score (nSPS) is 13.1. The number of rotatable bonds is 9. The summed E-state index contributed by atoms with van der Waals surface area (Å²) in [4.78, 5) is 19.1. The monoisotopic (exact) mass is 408 g/mol. The largest absolute Gasteiger partial charge is 0.494 e. The molecule has 160 valence electrons. The Morgan fingerprint density at radius 3 is 2.43 bits per heavy atom. The van der Waals surface area contributed by atoms with E-state index in [1.54, 1.807) is 0 Å². The van der Waals surface area contributed by atoms with Crippen molar-refractivity contribution < 1.29 is 9.53 Å². The molecule has 1 heterocycles.